The van der Waals surface area contributed by atoms with E-state index in [1.165, 1.54) is 25.7 Å². The summed E-state index contributed by atoms with van der Waals surface area (Å²) >= 11 is 0. The maximum atomic E-state index is 10.7. The predicted molar refractivity (Wildman–Crippen MR) is 73.7 cm³/mol. The minimum atomic E-state index is -0.191. The Labute approximate surface area is 112 Å². The molecule has 106 valence electrons. The Morgan fingerprint density at radius 1 is 1.28 bits per heavy atom. The highest BCUT2D eigenvalue weighted by molar-refractivity contribution is 4.94. The molecule has 2 atom stereocenters. The van der Waals surface area contributed by atoms with Crippen molar-refractivity contribution in [2.24, 2.45) is 5.92 Å². The largest absolute Gasteiger partial charge is 0.391 e. The molecule has 1 aliphatic heterocycles. The van der Waals surface area contributed by atoms with Gasteiger partial charge in [-0.1, -0.05) is 32.6 Å². The predicted octanol–water partition coefficient (Wildman–Crippen LogP) is 2.43. The fraction of sp³-hybridized carbons (Fsp3) is 1.00. The lowest BCUT2D eigenvalue weighted by molar-refractivity contribution is -0.0779. The third-order valence-electron chi connectivity index (χ3n) is 5.20. The number of nitrogens with zero attached hydrogens (tertiary/aromatic N) is 1. The molecule has 0 aromatic heterocycles. The lowest BCUT2D eigenvalue weighted by Crippen LogP contribution is -2.58. The van der Waals surface area contributed by atoms with E-state index in [0.29, 0.717) is 0 Å². The number of aliphatic hydroxyl groups is 1. The zero-order valence-electron chi connectivity index (χ0n) is 12.0. The van der Waals surface area contributed by atoms with Crippen LogP contribution < -0.4 is 0 Å². The van der Waals surface area contributed by atoms with Crippen LogP contribution in [0, 0.1) is 5.92 Å². The van der Waals surface area contributed by atoms with Gasteiger partial charge < -0.3 is 9.84 Å². The second kappa shape index (κ2) is 6.36. The minimum absolute atomic E-state index is 0.0631. The van der Waals surface area contributed by atoms with Crippen LogP contribution in [0.1, 0.15) is 52.4 Å². The third-order valence-corrected chi connectivity index (χ3v) is 5.20. The Kier molecular flexibility index (Phi) is 5.05. The molecule has 1 aliphatic carbocycles. The summed E-state index contributed by atoms with van der Waals surface area (Å²) in [5, 5.41) is 10.7. The lowest BCUT2D eigenvalue weighted by atomic mass is 9.83. The van der Waals surface area contributed by atoms with E-state index in [1.807, 2.05) is 0 Å². The number of ether oxygens (including phenoxy) is 1. The van der Waals surface area contributed by atoms with Crippen LogP contribution in [-0.2, 0) is 4.74 Å². The number of rotatable bonds is 5. The van der Waals surface area contributed by atoms with Gasteiger partial charge in [0, 0.05) is 18.6 Å². The zero-order chi connectivity index (χ0) is 13.0. The van der Waals surface area contributed by atoms with Crippen LogP contribution in [0.3, 0.4) is 0 Å². The molecule has 1 N–H and O–H groups in total. The van der Waals surface area contributed by atoms with Gasteiger partial charge in [0.25, 0.3) is 0 Å². The van der Waals surface area contributed by atoms with Crippen LogP contribution in [0.2, 0.25) is 0 Å². The molecule has 2 unspecified atom stereocenters. The van der Waals surface area contributed by atoms with E-state index >= 15 is 0 Å². The van der Waals surface area contributed by atoms with Crippen molar-refractivity contribution in [1.29, 1.82) is 0 Å². The number of aliphatic hydroxyl groups excluding tert-OH is 1. The second-order valence-corrected chi connectivity index (χ2v) is 6.21. The van der Waals surface area contributed by atoms with Crippen molar-refractivity contribution < 1.29 is 9.84 Å². The second-order valence-electron chi connectivity index (χ2n) is 6.21. The molecule has 3 nitrogen and oxygen atoms in total. The van der Waals surface area contributed by atoms with Crippen LogP contribution in [0.15, 0.2) is 0 Å². The summed E-state index contributed by atoms with van der Waals surface area (Å²) in [6.45, 7) is 7.99. The SMILES string of the molecule is CCC(C)(C(O)CC1CCCC1)N1CCOCC1. The van der Waals surface area contributed by atoms with Crippen LogP contribution in [0.25, 0.3) is 0 Å². The molecule has 0 amide bonds. The van der Waals surface area contributed by atoms with Crippen LogP contribution >= 0.6 is 0 Å². The van der Waals surface area contributed by atoms with Gasteiger partial charge in [0.2, 0.25) is 0 Å². The Balaban J connectivity index is 1.95. The molecule has 0 aromatic carbocycles. The van der Waals surface area contributed by atoms with E-state index < -0.39 is 0 Å². The molecule has 0 radical (unpaired) electrons. The van der Waals surface area contributed by atoms with Crippen molar-refractivity contribution in [2.45, 2.75) is 64.0 Å². The summed E-state index contributed by atoms with van der Waals surface area (Å²) in [6, 6.07) is 0. The first kappa shape index (κ1) is 14.3. The summed E-state index contributed by atoms with van der Waals surface area (Å²) < 4.78 is 5.43. The molecule has 0 bridgehead atoms. The summed E-state index contributed by atoms with van der Waals surface area (Å²) in [5.74, 6) is 0.756. The van der Waals surface area contributed by atoms with Gasteiger partial charge in [-0.2, -0.15) is 0 Å². The number of morpholine rings is 1. The van der Waals surface area contributed by atoms with E-state index in [9.17, 15) is 5.11 Å². The van der Waals surface area contributed by atoms with Crippen molar-refractivity contribution >= 4 is 0 Å². The molecule has 18 heavy (non-hydrogen) atoms. The van der Waals surface area contributed by atoms with Gasteiger partial charge >= 0.3 is 0 Å². The molecule has 0 spiro atoms. The van der Waals surface area contributed by atoms with Crippen molar-refractivity contribution in [3.63, 3.8) is 0 Å². The van der Waals surface area contributed by atoms with Crippen LogP contribution in [-0.4, -0.2) is 48.0 Å². The molecule has 2 aliphatic rings. The monoisotopic (exact) mass is 255 g/mol. The Morgan fingerprint density at radius 2 is 1.89 bits per heavy atom. The first-order valence-electron chi connectivity index (χ1n) is 7.67. The summed E-state index contributed by atoms with van der Waals surface area (Å²) in [4.78, 5) is 2.44. The van der Waals surface area contributed by atoms with Gasteiger partial charge in [0.05, 0.1) is 19.3 Å². The molecule has 3 heteroatoms. The fourth-order valence-electron chi connectivity index (χ4n) is 3.56. The first-order chi connectivity index (χ1) is 8.66. The van der Waals surface area contributed by atoms with Crippen molar-refractivity contribution in [3.05, 3.63) is 0 Å². The highest BCUT2D eigenvalue weighted by Gasteiger charge is 2.39. The highest BCUT2D eigenvalue weighted by atomic mass is 16.5. The molecule has 1 heterocycles. The van der Waals surface area contributed by atoms with Gasteiger partial charge in [0.15, 0.2) is 0 Å². The maximum Gasteiger partial charge on any atom is 0.0723 e. The molecule has 0 aromatic rings. The van der Waals surface area contributed by atoms with Crippen molar-refractivity contribution in [3.8, 4) is 0 Å². The zero-order valence-corrected chi connectivity index (χ0v) is 12.0. The number of hydrogen-bond acceptors (Lipinski definition) is 3. The van der Waals surface area contributed by atoms with E-state index in [-0.39, 0.29) is 11.6 Å². The maximum absolute atomic E-state index is 10.7. The molecule has 2 rings (SSSR count). The average Bonchev–Trinajstić information content (AvgIpc) is 2.91. The number of hydrogen-bond donors (Lipinski definition) is 1. The highest BCUT2D eigenvalue weighted by Crippen LogP contribution is 2.34. The van der Waals surface area contributed by atoms with Crippen molar-refractivity contribution in [2.75, 3.05) is 26.3 Å². The van der Waals surface area contributed by atoms with Crippen molar-refractivity contribution in [1.82, 2.24) is 4.90 Å². The normalized spacial score (nSPS) is 28.2. The molecular formula is C15H29NO2. The smallest absolute Gasteiger partial charge is 0.0723 e. The van der Waals surface area contributed by atoms with Gasteiger partial charge in [-0.15, -0.1) is 0 Å². The van der Waals surface area contributed by atoms with Crippen LogP contribution in [0.4, 0.5) is 0 Å². The third kappa shape index (κ3) is 3.06. The summed E-state index contributed by atoms with van der Waals surface area (Å²) in [6.07, 6.45) is 7.17. The van der Waals surface area contributed by atoms with E-state index in [2.05, 4.69) is 18.7 Å². The van der Waals surface area contributed by atoms with Crippen LogP contribution in [0.5, 0.6) is 0 Å². The van der Waals surface area contributed by atoms with Gasteiger partial charge in [0.1, 0.15) is 0 Å². The van der Waals surface area contributed by atoms with Gasteiger partial charge in [-0.05, 0) is 25.7 Å². The Bertz CT molecular complexity index is 247. The minimum Gasteiger partial charge on any atom is -0.391 e. The Morgan fingerprint density at radius 3 is 2.44 bits per heavy atom. The molecular weight excluding hydrogens is 226 g/mol. The van der Waals surface area contributed by atoms with E-state index in [4.69, 9.17) is 4.74 Å². The first-order valence-corrected chi connectivity index (χ1v) is 7.67. The molecule has 1 saturated heterocycles. The molecule has 2 fully saturated rings. The van der Waals surface area contributed by atoms with Gasteiger partial charge in [-0.3, -0.25) is 4.90 Å². The fourth-order valence-corrected chi connectivity index (χ4v) is 3.56. The molecule has 1 saturated carbocycles. The van der Waals surface area contributed by atoms with Gasteiger partial charge in [-0.25, -0.2) is 0 Å². The Hall–Kier alpha value is -0.120. The summed E-state index contributed by atoms with van der Waals surface area (Å²) in [7, 11) is 0. The summed E-state index contributed by atoms with van der Waals surface area (Å²) in [5.41, 5.74) is -0.0631. The topological polar surface area (TPSA) is 32.7 Å². The van der Waals surface area contributed by atoms with E-state index in [1.54, 1.807) is 0 Å². The van der Waals surface area contributed by atoms with E-state index in [0.717, 1.165) is 45.1 Å². The quantitative estimate of drug-likeness (QED) is 0.819. The lowest BCUT2D eigenvalue weighted by Gasteiger charge is -2.46. The average molecular weight is 255 g/mol. The standard InChI is InChI=1S/C15H29NO2/c1-3-15(2,16-8-10-18-11-9-16)14(17)12-13-6-4-5-7-13/h13-14,17H,3-12H2,1-2H3.